The summed E-state index contributed by atoms with van der Waals surface area (Å²) in [5, 5.41) is 10.6. The smallest absolute Gasteiger partial charge is 0.316 e. The van der Waals surface area contributed by atoms with E-state index < -0.39 is 41.1 Å². The maximum Gasteiger partial charge on any atom is 0.316 e. The minimum absolute atomic E-state index is 0.310. The Morgan fingerprint density at radius 2 is 1.70 bits per heavy atom. The summed E-state index contributed by atoms with van der Waals surface area (Å²) in [4.78, 5) is 36.9. The van der Waals surface area contributed by atoms with Gasteiger partial charge in [-0.3, -0.25) is 14.4 Å². The lowest BCUT2D eigenvalue weighted by Crippen LogP contribution is -2.55. The van der Waals surface area contributed by atoms with Crippen LogP contribution in [0.5, 0.6) is 0 Å². The predicted molar refractivity (Wildman–Crippen MR) is 80.4 cm³/mol. The fourth-order valence-electron chi connectivity index (χ4n) is 3.34. The van der Waals surface area contributed by atoms with Crippen molar-refractivity contribution in [3.8, 4) is 0 Å². The third-order valence-electron chi connectivity index (χ3n) is 4.36. The summed E-state index contributed by atoms with van der Waals surface area (Å²) < 4.78 is 9.56. The molecule has 0 heterocycles. The van der Waals surface area contributed by atoms with E-state index >= 15 is 0 Å². The zero-order chi connectivity index (χ0) is 17.2. The van der Waals surface area contributed by atoms with Crippen LogP contribution in [-0.2, 0) is 23.9 Å². The molecule has 6 nitrogen and oxygen atoms in total. The number of hydrogen-bond donors (Lipinski definition) is 1. The first-order valence-electron chi connectivity index (χ1n) is 7.29. The number of ketones is 1. The molecule has 6 heteroatoms. The first-order chi connectivity index (χ1) is 10.8. The van der Waals surface area contributed by atoms with Gasteiger partial charge in [-0.1, -0.05) is 30.3 Å². The molecule has 4 atom stereocenters. The Kier molecular flexibility index (Phi) is 4.85. The SMILES string of the molecule is COC(=O)[C@H]1C(=O)C[C@@](C)(O)[C@H](C(=O)OC)[C@H]1c1ccccc1. The van der Waals surface area contributed by atoms with Crippen LogP contribution in [-0.4, -0.2) is 42.6 Å². The molecule has 1 aromatic rings. The molecule has 124 valence electrons. The van der Waals surface area contributed by atoms with Crippen molar-refractivity contribution in [3.05, 3.63) is 35.9 Å². The highest BCUT2D eigenvalue weighted by atomic mass is 16.5. The van der Waals surface area contributed by atoms with Crippen molar-refractivity contribution < 1.29 is 29.0 Å². The molecular weight excluding hydrogens is 300 g/mol. The molecule has 0 bridgehead atoms. The number of Topliss-reactive ketones (excluding diaryl/α,β-unsaturated/α-hetero) is 1. The van der Waals surface area contributed by atoms with Gasteiger partial charge in [-0.05, 0) is 12.5 Å². The number of benzene rings is 1. The second-order valence-corrected chi connectivity index (χ2v) is 5.94. The third-order valence-corrected chi connectivity index (χ3v) is 4.36. The first kappa shape index (κ1) is 17.1. The lowest BCUT2D eigenvalue weighted by Gasteiger charge is -2.43. The van der Waals surface area contributed by atoms with Crippen LogP contribution in [0.25, 0.3) is 0 Å². The minimum atomic E-state index is -1.60. The summed E-state index contributed by atoms with van der Waals surface area (Å²) in [7, 11) is 2.40. The molecule has 1 N–H and O–H groups in total. The summed E-state index contributed by atoms with van der Waals surface area (Å²) in [6.07, 6.45) is -0.310. The van der Waals surface area contributed by atoms with Gasteiger partial charge in [-0.15, -0.1) is 0 Å². The summed E-state index contributed by atoms with van der Waals surface area (Å²) in [6.45, 7) is 1.41. The minimum Gasteiger partial charge on any atom is -0.469 e. The molecule has 0 spiro atoms. The molecule has 0 radical (unpaired) electrons. The van der Waals surface area contributed by atoms with Crippen LogP contribution in [0.4, 0.5) is 0 Å². The maximum atomic E-state index is 12.4. The fourth-order valence-corrected chi connectivity index (χ4v) is 3.34. The average molecular weight is 320 g/mol. The van der Waals surface area contributed by atoms with E-state index in [0.29, 0.717) is 5.56 Å². The predicted octanol–water partition coefficient (Wildman–Crippen LogP) is 1.07. The molecule has 1 aliphatic rings. The van der Waals surface area contributed by atoms with Gasteiger partial charge in [0.05, 0.1) is 25.7 Å². The molecule has 0 unspecified atom stereocenters. The second kappa shape index (κ2) is 6.50. The highest BCUT2D eigenvalue weighted by Gasteiger charge is 2.56. The van der Waals surface area contributed by atoms with Crippen molar-refractivity contribution in [3.63, 3.8) is 0 Å². The van der Waals surface area contributed by atoms with E-state index in [2.05, 4.69) is 0 Å². The lowest BCUT2D eigenvalue weighted by molar-refractivity contribution is -0.170. The molecule has 0 aliphatic heterocycles. The van der Waals surface area contributed by atoms with Gasteiger partial charge in [0.25, 0.3) is 0 Å². The molecule has 0 saturated heterocycles. The van der Waals surface area contributed by atoms with E-state index in [-0.39, 0.29) is 6.42 Å². The number of methoxy groups -OCH3 is 2. The molecule has 1 aliphatic carbocycles. The fraction of sp³-hybridized carbons (Fsp3) is 0.471. The molecule has 1 saturated carbocycles. The molecule has 23 heavy (non-hydrogen) atoms. The number of aliphatic hydroxyl groups is 1. The van der Waals surface area contributed by atoms with Gasteiger partial charge in [0.1, 0.15) is 5.92 Å². The van der Waals surface area contributed by atoms with Crippen molar-refractivity contribution in [1.29, 1.82) is 0 Å². The molecule has 0 aromatic heterocycles. The van der Waals surface area contributed by atoms with Crippen molar-refractivity contribution in [2.24, 2.45) is 11.8 Å². The summed E-state index contributed by atoms with van der Waals surface area (Å²) >= 11 is 0. The Balaban J connectivity index is 2.61. The Bertz CT molecular complexity index is 607. The van der Waals surface area contributed by atoms with Crippen LogP contribution in [0.15, 0.2) is 30.3 Å². The lowest BCUT2D eigenvalue weighted by atomic mass is 9.62. The van der Waals surface area contributed by atoms with Crippen LogP contribution in [0.2, 0.25) is 0 Å². The molecule has 1 fully saturated rings. The number of carbonyl (C=O) groups is 3. The quantitative estimate of drug-likeness (QED) is 0.662. The molecular formula is C17H20O6. The van der Waals surface area contributed by atoms with E-state index in [1.54, 1.807) is 30.3 Å². The Morgan fingerprint density at radius 3 is 2.22 bits per heavy atom. The topological polar surface area (TPSA) is 89.9 Å². The largest absolute Gasteiger partial charge is 0.469 e. The van der Waals surface area contributed by atoms with E-state index in [1.807, 2.05) is 0 Å². The zero-order valence-corrected chi connectivity index (χ0v) is 13.3. The van der Waals surface area contributed by atoms with E-state index in [9.17, 15) is 19.5 Å². The number of esters is 2. The number of ether oxygens (including phenoxy) is 2. The Morgan fingerprint density at radius 1 is 1.13 bits per heavy atom. The molecule has 2 rings (SSSR count). The Labute approximate surface area is 134 Å². The van der Waals surface area contributed by atoms with Gasteiger partial charge in [0, 0.05) is 12.3 Å². The summed E-state index contributed by atoms with van der Waals surface area (Å²) in [5.41, 5.74) is -0.999. The van der Waals surface area contributed by atoms with E-state index in [0.717, 1.165) is 0 Å². The first-order valence-corrected chi connectivity index (χ1v) is 7.29. The van der Waals surface area contributed by atoms with Crippen molar-refractivity contribution in [2.75, 3.05) is 14.2 Å². The average Bonchev–Trinajstić information content (AvgIpc) is 2.52. The van der Waals surface area contributed by atoms with Crippen molar-refractivity contribution >= 4 is 17.7 Å². The van der Waals surface area contributed by atoms with E-state index in [1.165, 1.54) is 21.1 Å². The Hall–Kier alpha value is -2.21. The molecule has 0 amide bonds. The van der Waals surface area contributed by atoms with Gasteiger partial charge < -0.3 is 14.6 Å². The standard InChI is InChI=1S/C17H20O6/c1-17(21)9-11(18)13(15(19)22-2)12(14(17)16(20)23-3)10-7-5-4-6-8-10/h4-8,12-14,21H,9H2,1-3H3/t12-,13-,14-,17+/m0/s1. The van der Waals surface area contributed by atoms with Crippen LogP contribution < -0.4 is 0 Å². The van der Waals surface area contributed by atoms with Gasteiger partial charge in [0.15, 0.2) is 5.78 Å². The second-order valence-electron chi connectivity index (χ2n) is 5.94. The highest BCUT2D eigenvalue weighted by molar-refractivity contribution is 6.02. The van der Waals surface area contributed by atoms with Crippen LogP contribution in [0, 0.1) is 11.8 Å². The van der Waals surface area contributed by atoms with Gasteiger partial charge in [0.2, 0.25) is 0 Å². The van der Waals surface area contributed by atoms with Crippen LogP contribution >= 0.6 is 0 Å². The molecule has 1 aromatic carbocycles. The van der Waals surface area contributed by atoms with Crippen LogP contribution in [0.1, 0.15) is 24.8 Å². The highest BCUT2D eigenvalue weighted by Crippen LogP contribution is 2.46. The third kappa shape index (κ3) is 3.12. The van der Waals surface area contributed by atoms with Crippen LogP contribution in [0.3, 0.4) is 0 Å². The number of hydrogen-bond acceptors (Lipinski definition) is 6. The summed E-state index contributed by atoms with van der Waals surface area (Å²) in [5.74, 6) is -4.86. The van der Waals surface area contributed by atoms with Crippen molar-refractivity contribution in [1.82, 2.24) is 0 Å². The van der Waals surface area contributed by atoms with Gasteiger partial charge in [-0.2, -0.15) is 0 Å². The number of rotatable bonds is 3. The monoisotopic (exact) mass is 320 g/mol. The summed E-state index contributed by atoms with van der Waals surface area (Å²) in [6, 6.07) is 8.70. The van der Waals surface area contributed by atoms with E-state index in [4.69, 9.17) is 9.47 Å². The maximum absolute atomic E-state index is 12.4. The zero-order valence-electron chi connectivity index (χ0n) is 13.3. The van der Waals surface area contributed by atoms with Crippen molar-refractivity contribution in [2.45, 2.75) is 24.9 Å². The normalized spacial score (nSPS) is 30.6. The van der Waals surface area contributed by atoms with Gasteiger partial charge in [-0.25, -0.2) is 0 Å². The van der Waals surface area contributed by atoms with Gasteiger partial charge >= 0.3 is 11.9 Å². The number of carbonyl (C=O) groups excluding carboxylic acids is 3.